The van der Waals surface area contributed by atoms with Gasteiger partial charge in [0, 0.05) is 5.69 Å². The topological polar surface area (TPSA) is 90.3 Å². The largest absolute Gasteiger partial charge is 0.468 e. The molecule has 3 aromatic rings. The number of rotatable bonds is 6. The van der Waals surface area contributed by atoms with Gasteiger partial charge in [-0.25, -0.2) is 9.37 Å². The number of hydrogen-bond donors (Lipinski definition) is 1. The van der Waals surface area contributed by atoms with Crippen LogP contribution >= 0.6 is 11.8 Å². The van der Waals surface area contributed by atoms with Crippen molar-refractivity contribution in [1.29, 1.82) is 0 Å². The molecule has 29 heavy (non-hydrogen) atoms. The van der Waals surface area contributed by atoms with Crippen LogP contribution in [0.5, 0.6) is 0 Å². The number of benzene rings is 2. The van der Waals surface area contributed by atoms with Crippen molar-refractivity contribution in [3.63, 3.8) is 0 Å². The summed E-state index contributed by atoms with van der Waals surface area (Å²) in [6, 6.07) is 12.2. The van der Waals surface area contributed by atoms with Crippen LogP contribution in [0.4, 0.5) is 10.1 Å². The molecule has 0 bridgehead atoms. The maximum absolute atomic E-state index is 13.0. The van der Waals surface area contributed by atoms with Gasteiger partial charge in [0.25, 0.3) is 5.56 Å². The summed E-state index contributed by atoms with van der Waals surface area (Å²) in [5, 5.41) is 2.63. The Labute approximate surface area is 169 Å². The molecular weight excluding hydrogens is 397 g/mol. The van der Waals surface area contributed by atoms with E-state index in [1.54, 1.807) is 31.2 Å². The molecule has 0 unspecified atom stereocenters. The van der Waals surface area contributed by atoms with Gasteiger partial charge < -0.3 is 10.1 Å². The lowest BCUT2D eigenvalue weighted by Crippen LogP contribution is -2.29. The zero-order valence-corrected chi connectivity index (χ0v) is 16.5. The number of anilines is 1. The molecule has 1 atom stereocenters. The standard InChI is InChI=1S/C20H18FN3O4S/c1-12(18(26)22-14-9-7-13(21)8-10-14)29-20-23-16-6-4-3-5-15(16)19(27)24(20)11-17(25)28-2/h3-10,12H,11H2,1-2H3,(H,22,26)/t12-/m1/s1. The first-order valence-corrected chi connectivity index (χ1v) is 9.56. The van der Waals surface area contributed by atoms with Gasteiger partial charge >= 0.3 is 5.97 Å². The molecule has 0 aliphatic heterocycles. The summed E-state index contributed by atoms with van der Waals surface area (Å²) in [4.78, 5) is 41.6. The quantitative estimate of drug-likeness (QED) is 0.378. The Morgan fingerprint density at radius 2 is 1.90 bits per heavy atom. The van der Waals surface area contributed by atoms with E-state index in [1.807, 2.05) is 0 Å². The van der Waals surface area contributed by atoms with Crippen molar-refractivity contribution in [2.45, 2.75) is 23.9 Å². The molecule has 2 aromatic carbocycles. The van der Waals surface area contributed by atoms with E-state index in [0.29, 0.717) is 16.6 Å². The smallest absolute Gasteiger partial charge is 0.325 e. The van der Waals surface area contributed by atoms with E-state index in [-0.39, 0.29) is 17.6 Å². The van der Waals surface area contributed by atoms with Gasteiger partial charge in [0.2, 0.25) is 5.91 Å². The first kappa shape index (κ1) is 20.5. The molecule has 3 rings (SSSR count). The van der Waals surface area contributed by atoms with E-state index < -0.39 is 22.6 Å². The summed E-state index contributed by atoms with van der Waals surface area (Å²) < 4.78 is 18.9. The summed E-state index contributed by atoms with van der Waals surface area (Å²) in [7, 11) is 1.23. The van der Waals surface area contributed by atoms with Crippen LogP contribution in [-0.4, -0.2) is 33.8 Å². The zero-order chi connectivity index (χ0) is 21.0. The van der Waals surface area contributed by atoms with E-state index in [9.17, 15) is 18.8 Å². The predicted molar refractivity (Wildman–Crippen MR) is 108 cm³/mol. The highest BCUT2D eigenvalue weighted by molar-refractivity contribution is 8.00. The Bertz CT molecular complexity index is 1110. The molecule has 150 valence electrons. The number of nitrogens with one attached hydrogen (secondary N) is 1. The number of thioether (sulfide) groups is 1. The molecule has 0 radical (unpaired) electrons. The second-order valence-electron chi connectivity index (χ2n) is 6.14. The second kappa shape index (κ2) is 8.87. The Morgan fingerprint density at radius 3 is 2.59 bits per heavy atom. The first-order valence-electron chi connectivity index (χ1n) is 8.68. The van der Waals surface area contributed by atoms with Gasteiger partial charge in [0.15, 0.2) is 5.16 Å². The fourth-order valence-corrected chi connectivity index (χ4v) is 3.47. The van der Waals surface area contributed by atoms with Crippen LogP contribution in [0.15, 0.2) is 58.5 Å². The molecule has 0 aliphatic carbocycles. The fraction of sp³-hybridized carbons (Fsp3) is 0.200. The normalized spacial score (nSPS) is 11.8. The molecule has 1 heterocycles. The second-order valence-corrected chi connectivity index (χ2v) is 7.44. The molecule has 0 saturated heterocycles. The number of para-hydroxylation sites is 1. The van der Waals surface area contributed by atoms with Crippen LogP contribution < -0.4 is 10.9 Å². The Morgan fingerprint density at radius 1 is 1.21 bits per heavy atom. The van der Waals surface area contributed by atoms with Crippen LogP contribution in [0.1, 0.15) is 6.92 Å². The van der Waals surface area contributed by atoms with Gasteiger partial charge in [-0.1, -0.05) is 23.9 Å². The molecule has 0 saturated carbocycles. The molecule has 0 fully saturated rings. The number of methoxy groups -OCH3 is 1. The summed E-state index contributed by atoms with van der Waals surface area (Å²) in [5.41, 5.74) is 0.518. The first-order chi connectivity index (χ1) is 13.9. The van der Waals surface area contributed by atoms with Crippen LogP contribution in [0.3, 0.4) is 0 Å². The van der Waals surface area contributed by atoms with Crippen molar-refractivity contribution in [2.24, 2.45) is 0 Å². The lowest BCUT2D eigenvalue weighted by Gasteiger charge is -2.16. The van der Waals surface area contributed by atoms with Crippen molar-refractivity contribution < 1.29 is 18.7 Å². The highest BCUT2D eigenvalue weighted by Crippen LogP contribution is 2.24. The van der Waals surface area contributed by atoms with Gasteiger partial charge in [-0.15, -0.1) is 0 Å². The number of esters is 1. The van der Waals surface area contributed by atoms with Crippen LogP contribution in [-0.2, 0) is 20.9 Å². The van der Waals surface area contributed by atoms with Crippen LogP contribution in [0.25, 0.3) is 10.9 Å². The van der Waals surface area contributed by atoms with Gasteiger partial charge in [-0.05, 0) is 43.3 Å². The van der Waals surface area contributed by atoms with Gasteiger partial charge in [-0.3, -0.25) is 19.0 Å². The minimum absolute atomic E-state index is 0.223. The van der Waals surface area contributed by atoms with Crippen molar-refractivity contribution in [3.05, 3.63) is 64.7 Å². The highest BCUT2D eigenvalue weighted by Gasteiger charge is 2.21. The van der Waals surface area contributed by atoms with Crippen molar-refractivity contribution >= 4 is 40.2 Å². The third-order valence-corrected chi connectivity index (χ3v) is 5.19. The zero-order valence-electron chi connectivity index (χ0n) is 15.7. The monoisotopic (exact) mass is 415 g/mol. The molecule has 0 spiro atoms. The number of ether oxygens (including phenoxy) is 1. The summed E-state index contributed by atoms with van der Waals surface area (Å²) in [5.74, 6) is -1.36. The number of carbonyl (C=O) groups excluding carboxylic acids is 2. The lowest BCUT2D eigenvalue weighted by molar-refractivity contribution is -0.141. The van der Waals surface area contributed by atoms with Crippen LogP contribution in [0.2, 0.25) is 0 Å². The van der Waals surface area contributed by atoms with Gasteiger partial charge in [-0.2, -0.15) is 0 Å². The Kier molecular flexibility index (Phi) is 6.28. The molecule has 9 heteroatoms. The predicted octanol–water partition coefficient (Wildman–Crippen LogP) is 2.83. The highest BCUT2D eigenvalue weighted by atomic mass is 32.2. The van der Waals surface area contributed by atoms with E-state index in [0.717, 1.165) is 11.8 Å². The average molecular weight is 415 g/mol. The molecule has 1 amide bonds. The average Bonchev–Trinajstić information content (AvgIpc) is 2.72. The number of fused-ring (bicyclic) bond motifs is 1. The Hall–Kier alpha value is -3.20. The summed E-state index contributed by atoms with van der Waals surface area (Å²) in [6.45, 7) is 1.33. The minimum atomic E-state index is -0.642. The van der Waals surface area contributed by atoms with Crippen LogP contribution in [0, 0.1) is 5.82 Å². The maximum Gasteiger partial charge on any atom is 0.325 e. The number of halogens is 1. The van der Waals surface area contributed by atoms with Crippen molar-refractivity contribution in [1.82, 2.24) is 9.55 Å². The molecule has 7 nitrogen and oxygen atoms in total. The van der Waals surface area contributed by atoms with Crippen molar-refractivity contribution in [2.75, 3.05) is 12.4 Å². The summed E-state index contributed by atoms with van der Waals surface area (Å²) in [6.07, 6.45) is 0. The SMILES string of the molecule is COC(=O)Cn1c(S[C@H](C)C(=O)Nc2ccc(F)cc2)nc2ccccc2c1=O. The van der Waals surface area contributed by atoms with Crippen molar-refractivity contribution in [3.8, 4) is 0 Å². The Balaban J connectivity index is 1.89. The lowest BCUT2D eigenvalue weighted by atomic mass is 10.2. The third-order valence-electron chi connectivity index (χ3n) is 4.10. The van der Waals surface area contributed by atoms with E-state index in [1.165, 1.54) is 35.9 Å². The maximum atomic E-state index is 13.0. The van der Waals surface area contributed by atoms with Gasteiger partial charge in [0.05, 0.1) is 23.3 Å². The van der Waals surface area contributed by atoms with E-state index >= 15 is 0 Å². The van der Waals surface area contributed by atoms with Gasteiger partial charge in [0.1, 0.15) is 12.4 Å². The fourth-order valence-electron chi connectivity index (χ4n) is 2.56. The number of amides is 1. The number of aromatic nitrogens is 2. The minimum Gasteiger partial charge on any atom is -0.468 e. The molecule has 1 N–H and O–H groups in total. The number of nitrogens with zero attached hydrogens (tertiary/aromatic N) is 2. The number of carbonyl (C=O) groups is 2. The summed E-state index contributed by atoms with van der Waals surface area (Å²) >= 11 is 1.04. The van der Waals surface area contributed by atoms with E-state index in [2.05, 4.69) is 15.0 Å². The molecule has 0 aliphatic rings. The number of hydrogen-bond acceptors (Lipinski definition) is 6. The molecule has 1 aromatic heterocycles. The van der Waals surface area contributed by atoms with E-state index in [4.69, 9.17) is 0 Å². The molecular formula is C20H18FN3O4S. The third kappa shape index (κ3) is 4.80.